The van der Waals surface area contributed by atoms with Crippen LogP contribution >= 0.6 is 62.3 Å². The van der Waals surface area contributed by atoms with Crippen LogP contribution in [0.2, 0.25) is 20.1 Å². The first-order valence-electron chi connectivity index (χ1n) is 53.9. The van der Waals surface area contributed by atoms with E-state index in [0.29, 0.717) is 137 Å². The lowest BCUT2D eigenvalue weighted by Crippen LogP contribution is -2.55. The van der Waals surface area contributed by atoms with Gasteiger partial charge in [-0.1, -0.05) is 153 Å². The summed E-state index contributed by atoms with van der Waals surface area (Å²) in [5.74, 6) is 10.00. The molecule has 4 aromatic carbocycles. The van der Waals surface area contributed by atoms with Crippen LogP contribution in [0, 0.1) is 185 Å². The van der Waals surface area contributed by atoms with Gasteiger partial charge in [0.25, 0.3) is 0 Å². The Kier molecular flexibility index (Phi) is 31.7. The maximum atomic E-state index is 14.7. The van der Waals surface area contributed by atoms with Crippen LogP contribution in [0.4, 0.5) is 17.6 Å². The molecule has 0 amide bonds. The number of hydrogen-bond acceptors (Lipinski definition) is 15. The predicted octanol–water partition coefficient (Wildman–Crippen LogP) is 28.9. The fourth-order valence-corrected chi connectivity index (χ4v) is 37.9. The Morgan fingerprint density at radius 1 is 0.359 bits per heavy atom. The van der Waals surface area contributed by atoms with E-state index < -0.39 is 45.7 Å². The Labute approximate surface area is 886 Å². The topological polar surface area (TPSA) is 270 Å². The number of hydrogen-bond donors (Lipinski definition) is 5. The molecule has 0 aliphatic heterocycles. The molecule has 16 aliphatic carbocycles. The zero-order valence-electron chi connectivity index (χ0n) is 84.8. The molecular formula is C117H166BrCl4F4N11O8. The number of aliphatic hydroxyl groups is 4. The average molecular weight is 2150 g/mol. The van der Waals surface area contributed by atoms with Crippen molar-refractivity contribution in [3.8, 4) is 0 Å². The van der Waals surface area contributed by atoms with E-state index in [2.05, 4.69) is 112 Å². The molecule has 0 radical (unpaired) electrons. The summed E-state index contributed by atoms with van der Waals surface area (Å²) in [7, 11) is 0. The first-order valence-corrected chi connectivity index (χ1v) is 56.6. The number of rotatable bonds is 11. The smallest absolute Gasteiger partial charge is 0.171 e. The molecule has 16 fully saturated rings. The molecule has 0 saturated heterocycles. The number of alkyl halides is 1. The molecular weight excluding hydrogens is 1990 g/mol. The third kappa shape index (κ3) is 19.4. The lowest BCUT2D eigenvalue weighted by Gasteiger charge is -2.61. The number of fused-ring (bicyclic) bond motifs is 24. The standard InChI is InChI=1S/C29H38ClFN2O2.2C28H37ClFN3O2.C22H35BrO2.C6H3ClFN3.4CH4/c1-27(35)12-13-28(2)17(14-27)4-5-18-20-6-7-22(29(20,3)11-10-21(18)28)25(34)16-33-24-9-8-23(30)26(31)19(24)15-32-33;1-26(35)12-13-27(2)16(14-26)4-5-17-18-6-7-20(28(18,3)11-10-19(17)27)23(34)15-33-25-22(31-32-33)9-8-21(29)24(25)30;1-26(35)12-13-27(2)16(14-26)4-5-17-18-6-7-20(28(18,3)11-10-19(17)27)23(34)15-33-31-22-9-8-21(29)24(30)25(22)32-33;1-20(25)10-11-21(2)14(12-20)4-5-15-16-6-7-18(19(24)13-23)22(16,3)9-8-17(15)21;7-3-1-2-4-6(5(3)8)10-11-9-4;;;;/h8-9,15,17-18,20-22,35H,4-7,10-14,16H2,1-3H3;2*8-9,16-20,35H,4-7,10-15H2,1-3H3;14-18,25H,4-13H2,1-3H3;1-2H,(H,9,10,11);4*1H4/t17-,18+,20+,21+,22-,27-,28+,29+;2*16-,17+,18+,19+,20-,26-,27+,28+;14-,15+,16+,17+,18-,20-,21+,22+;;;;;/m1111...../s1. The van der Waals surface area contributed by atoms with Crippen molar-refractivity contribution in [2.75, 3.05) is 5.33 Å². The highest BCUT2D eigenvalue weighted by molar-refractivity contribution is 9.09. The van der Waals surface area contributed by atoms with E-state index in [1.54, 1.807) is 28.9 Å². The van der Waals surface area contributed by atoms with Crippen LogP contribution in [0.25, 0.3) is 44.0 Å². The number of halogens is 9. The summed E-state index contributed by atoms with van der Waals surface area (Å²) in [6, 6.07) is 12.6. The van der Waals surface area contributed by atoms with Gasteiger partial charge in [0.15, 0.2) is 40.6 Å². The van der Waals surface area contributed by atoms with Crippen molar-refractivity contribution in [1.29, 1.82) is 0 Å². The molecule has 16 saturated carbocycles. The van der Waals surface area contributed by atoms with E-state index in [4.69, 9.17) is 46.4 Å². The zero-order chi connectivity index (χ0) is 100. The highest BCUT2D eigenvalue weighted by Crippen LogP contribution is 2.74. The summed E-state index contributed by atoms with van der Waals surface area (Å²) >= 11 is 26.7. The molecule has 800 valence electrons. The molecule has 4 heterocycles. The second kappa shape index (κ2) is 41.0. The molecule has 8 aromatic rings. The Morgan fingerprint density at radius 2 is 0.690 bits per heavy atom. The van der Waals surface area contributed by atoms with E-state index in [0.717, 1.165) is 153 Å². The summed E-state index contributed by atoms with van der Waals surface area (Å²) in [5.41, 5.74) is 2.17. The Bertz CT molecular complexity index is 6110. The van der Waals surface area contributed by atoms with Gasteiger partial charge in [0, 0.05) is 23.7 Å². The van der Waals surface area contributed by atoms with E-state index in [1.807, 2.05) is 27.7 Å². The van der Waals surface area contributed by atoms with Crippen molar-refractivity contribution in [1.82, 2.24) is 55.2 Å². The highest BCUT2D eigenvalue weighted by atomic mass is 79.9. The minimum Gasteiger partial charge on any atom is -0.390 e. The Hall–Kier alpha value is -5.57. The van der Waals surface area contributed by atoms with Crippen LogP contribution < -0.4 is 0 Å². The summed E-state index contributed by atoms with van der Waals surface area (Å²) in [6.45, 7) is 28.0. The Morgan fingerprint density at radius 3 is 1.08 bits per heavy atom. The van der Waals surface area contributed by atoms with Crippen molar-refractivity contribution in [2.24, 2.45) is 162 Å². The number of carbonyl (C=O) groups excluding carboxylic acids is 4. The summed E-state index contributed by atoms with van der Waals surface area (Å²) in [6.07, 6.45) is 41.4. The third-order valence-electron chi connectivity index (χ3n) is 44.6. The average Bonchev–Trinajstić information content (AvgIpc) is 1.49. The summed E-state index contributed by atoms with van der Waals surface area (Å²) in [4.78, 5) is 54.8. The van der Waals surface area contributed by atoms with Gasteiger partial charge >= 0.3 is 0 Å². The zero-order valence-corrected chi connectivity index (χ0v) is 89.4. The summed E-state index contributed by atoms with van der Waals surface area (Å²) < 4.78 is 59.5. The molecule has 4 aromatic heterocycles. The number of nitrogens with zero attached hydrogens (tertiary/aromatic N) is 10. The normalized spacial score (nSPS) is 41.4. The number of benzene rings is 4. The van der Waals surface area contributed by atoms with Crippen molar-refractivity contribution in [3.63, 3.8) is 0 Å². The first-order chi connectivity index (χ1) is 66.6. The van der Waals surface area contributed by atoms with Crippen LogP contribution in [0.1, 0.15) is 344 Å². The number of ketones is 4. The van der Waals surface area contributed by atoms with Gasteiger partial charge in [0.1, 0.15) is 58.5 Å². The van der Waals surface area contributed by atoms with E-state index >= 15 is 0 Å². The third-order valence-corrected chi connectivity index (χ3v) is 46.3. The van der Waals surface area contributed by atoms with E-state index in [9.17, 15) is 57.2 Å². The first kappa shape index (κ1) is 112. The lowest BCUT2D eigenvalue weighted by molar-refractivity contribution is -0.151. The number of carbonyl (C=O) groups is 4. The maximum Gasteiger partial charge on any atom is 0.171 e. The second-order valence-corrected chi connectivity index (χ2v) is 53.9. The minimum absolute atomic E-state index is 0. The fourth-order valence-electron chi connectivity index (χ4n) is 36.9. The van der Waals surface area contributed by atoms with E-state index in [1.165, 1.54) is 136 Å². The fraction of sp³-hybridized carbons (Fsp3) is 0.752. The molecule has 0 unspecified atom stereocenters. The van der Waals surface area contributed by atoms with Crippen LogP contribution in [-0.2, 0) is 38.8 Å². The van der Waals surface area contributed by atoms with Gasteiger partial charge in [0.05, 0.1) is 64.9 Å². The monoisotopic (exact) mass is 2150 g/mol. The molecule has 0 bridgehead atoms. The lowest BCUT2D eigenvalue weighted by atomic mass is 9.44. The molecule has 32 atom stereocenters. The molecule has 19 nitrogen and oxygen atoms in total. The maximum absolute atomic E-state index is 14.7. The number of aromatic amines is 1. The second-order valence-electron chi connectivity index (χ2n) is 51.7. The van der Waals surface area contributed by atoms with Gasteiger partial charge in [-0.2, -0.15) is 30.4 Å². The van der Waals surface area contributed by atoms with Gasteiger partial charge in [0.2, 0.25) is 0 Å². The van der Waals surface area contributed by atoms with Crippen molar-refractivity contribution in [2.45, 2.75) is 386 Å². The quantitative estimate of drug-likeness (QED) is 0.0595. The number of Topliss-reactive ketones (excluding diaryl/α,β-unsaturated/α-hetero) is 4. The van der Waals surface area contributed by atoms with Crippen LogP contribution in [0.3, 0.4) is 0 Å². The molecule has 16 aliphatic rings. The Balaban J connectivity index is 0.000000133. The molecule has 145 heavy (non-hydrogen) atoms. The predicted molar refractivity (Wildman–Crippen MR) is 573 cm³/mol. The molecule has 0 spiro atoms. The molecule has 28 heteroatoms. The van der Waals surface area contributed by atoms with Gasteiger partial charge in [-0.15, -0.1) is 10.2 Å². The van der Waals surface area contributed by atoms with Crippen molar-refractivity contribution >= 4 is 129 Å². The summed E-state index contributed by atoms with van der Waals surface area (Å²) in [5, 5.41) is 74.5. The van der Waals surface area contributed by atoms with Crippen molar-refractivity contribution in [3.05, 3.63) is 98.1 Å². The minimum atomic E-state index is -0.581. The van der Waals surface area contributed by atoms with Crippen LogP contribution in [0.5, 0.6) is 0 Å². The number of H-pyrrole nitrogens is 1. The highest BCUT2D eigenvalue weighted by Gasteiger charge is 2.68. The SMILES string of the molecule is C.C.C.C.C[C@@]1(O)CC[C@@]2(C)[C@H](CC[C@@H]3[C@@H]2CC[C@]2(C)[C@@H](C(=O)CBr)CC[C@@H]32)C1.C[C@@]1(O)CC[C@@]2(C)[C@H](CC[C@@H]3[C@@H]2CC[C@]2(C)[C@@H](C(=O)Cn4nc5ccc(Cl)c(F)c5n4)CC[C@@H]32)C1.C[C@@]1(O)CC[C@@]2(C)[C@H](CC[C@@H]3[C@@H]2CC[C@]2(C)[C@@H](C(=O)Cn4ncc5c(F)c(Cl)ccc54)CC[C@@H]32)C1.C[C@@]1(O)CC[C@@]2(C)[C@H](CC[C@@H]3[C@@H]2CC[C@]2(C)[C@@H](C(=O)Cn4nnc5ccc(Cl)c(F)c54)CC[C@@H]32)C1.Fc1c(Cl)ccc2n[nH]nc12. The van der Waals surface area contributed by atoms with Gasteiger partial charge in [-0.05, 0) is 445 Å². The van der Waals surface area contributed by atoms with E-state index in [-0.39, 0.29) is 149 Å². The van der Waals surface area contributed by atoms with Crippen LogP contribution in [-0.4, -0.2) is 126 Å². The largest absolute Gasteiger partial charge is 0.390 e. The number of aromatic nitrogens is 11. The van der Waals surface area contributed by atoms with Crippen molar-refractivity contribution < 1.29 is 57.2 Å². The van der Waals surface area contributed by atoms with Crippen LogP contribution in [0.15, 0.2) is 54.7 Å². The number of nitrogens with one attached hydrogen (secondary N) is 1. The molecule has 24 rings (SSSR count). The van der Waals surface area contributed by atoms with Gasteiger partial charge < -0.3 is 20.4 Å². The molecule has 5 N–H and O–H groups in total. The van der Waals surface area contributed by atoms with Gasteiger partial charge in [-0.3, -0.25) is 23.9 Å². The van der Waals surface area contributed by atoms with Gasteiger partial charge in [-0.25, -0.2) is 22.2 Å².